The number of aromatic nitrogens is 2. The van der Waals surface area contributed by atoms with Gasteiger partial charge in [-0.2, -0.15) is 0 Å². The minimum absolute atomic E-state index is 0.820. The monoisotopic (exact) mass is 488 g/mol. The minimum atomic E-state index is 0.820. The van der Waals surface area contributed by atoms with Crippen LogP contribution in [0, 0.1) is 11.8 Å². The maximum atomic E-state index is 4.65. The first-order valence-electron chi connectivity index (χ1n) is 15.3. The van der Waals surface area contributed by atoms with Crippen molar-refractivity contribution in [2.75, 3.05) is 0 Å². The average molecular weight is 489 g/mol. The van der Waals surface area contributed by atoms with Crippen molar-refractivity contribution in [1.29, 1.82) is 0 Å². The molecule has 0 spiro atoms. The Balaban J connectivity index is 1.32. The highest BCUT2D eigenvalue weighted by molar-refractivity contribution is 5.55. The van der Waals surface area contributed by atoms with Gasteiger partial charge in [-0.1, -0.05) is 114 Å². The number of hydrogen-bond donors (Lipinski definition) is 0. The maximum absolute atomic E-state index is 4.65. The first-order chi connectivity index (χ1) is 17.8. The van der Waals surface area contributed by atoms with Crippen molar-refractivity contribution in [3.8, 4) is 11.4 Å². The van der Waals surface area contributed by atoms with Crippen LogP contribution in [0.3, 0.4) is 0 Å². The molecule has 3 rings (SSSR count). The van der Waals surface area contributed by atoms with E-state index >= 15 is 0 Å². The zero-order valence-corrected chi connectivity index (χ0v) is 23.4. The van der Waals surface area contributed by atoms with E-state index in [9.17, 15) is 0 Å². The molecule has 1 aliphatic rings. The minimum Gasteiger partial charge on any atom is -0.236 e. The molecule has 0 aliphatic heterocycles. The average Bonchev–Trinajstić information content (AvgIpc) is 2.92. The molecule has 2 nitrogen and oxygen atoms in total. The van der Waals surface area contributed by atoms with E-state index in [0.29, 0.717) is 0 Å². The summed E-state index contributed by atoms with van der Waals surface area (Å²) in [6.45, 7) is 4.58. The fraction of sp³-hybridized carbons (Fsp3) is 0.647. The van der Waals surface area contributed by atoms with E-state index in [1.165, 1.54) is 107 Å². The standard InChI is InChI=1S/C34H52N2/c1-3-5-7-8-9-10-12-18-32-27-35-34(36-28-32)33-25-23-31(24-26-33)17-14-13-16-30-21-19-29(20-22-30)15-11-6-4-2/h13,16,23-30H,3-12,14-15,17-22H2,1-2H3. The van der Waals surface area contributed by atoms with Gasteiger partial charge in [0, 0.05) is 18.0 Å². The normalized spacial score (nSPS) is 18.2. The Kier molecular flexibility index (Phi) is 13.9. The molecule has 198 valence electrons. The largest absolute Gasteiger partial charge is 0.236 e. The Morgan fingerprint density at radius 1 is 0.694 bits per heavy atom. The molecule has 1 heterocycles. The maximum Gasteiger partial charge on any atom is 0.159 e. The van der Waals surface area contributed by atoms with Crippen LogP contribution in [0.1, 0.15) is 128 Å². The van der Waals surface area contributed by atoms with Crippen LogP contribution in [0.15, 0.2) is 48.8 Å². The highest BCUT2D eigenvalue weighted by atomic mass is 14.9. The van der Waals surface area contributed by atoms with E-state index in [2.05, 4.69) is 60.2 Å². The summed E-state index contributed by atoms with van der Waals surface area (Å²) in [6.07, 6.45) is 33.1. The first-order valence-corrected chi connectivity index (χ1v) is 15.3. The second-order valence-corrected chi connectivity index (χ2v) is 11.2. The van der Waals surface area contributed by atoms with Crippen LogP contribution in [-0.4, -0.2) is 9.97 Å². The quantitative estimate of drug-likeness (QED) is 0.163. The van der Waals surface area contributed by atoms with Crippen molar-refractivity contribution in [3.05, 3.63) is 59.9 Å². The van der Waals surface area contributed by atoms with Gasteiger partial charge in [0.25, 0.3) is 0 Å². The molecule has 2 aromatic rings. The summed E-state index contributed by atoms with van der Waals surface area (Å²) in [5.74, 6) is 2.67. The zero-order chi connectivity index (χ0) is 25.3. The molecule has 0 N–H and O–H groups in total. The molecule has 0 radical (unpaired) electrons. The summed E-state index contributed by atoms with van der Waals surface area (Å²) in [6, 6.07) is 8.87. The number of aryl methyl sites for hydroxylation is 2. The summed E-state index contributed by atoms with van der Waals surface area (Å²) in [5, 5.41) is 0. The molecule has 0 unspecified atom stereocenters. The van der Waals surface area contributed by atoms with Crippen LogP contribution in [-0.2, 0) is 12.8 Å². The SMILES string of the molecule is CCCCCCCCCc1cnc(-c2ccc(CCC=CC3CCC(CCCCC)CC3)cc2)nc1. The molecule has 0 bridgehead atoms. The van der Waals surface area contributed by atoms with Crippen molar-refractivity contribution in [3.63, 3.8) is 0 Å². The van der Waals surface area contributed by atoms with Crippen molar-refractivity contribution < 1.29 is 0 Å². The molecule has 0 saturated heterocycles. The summed E-state index contributed by atoms with van der Waals surface area (Å²) in [5.41, 5.74) is 3.78. The third kappa shape index (κ3) is 11.0. The Morgan fingerprint density at radius 3 is 2.03 bits per heavy atom. The van der Waals surface area contributed by atoms with Gasteiger partial charge < -0.3 is 0 Å². The van der Waals surface area contributed by atoms with Gasteiger partial charge in [0.2, 0.25) is 0 Å². The van der Waals surface area contributed by atoms with Crippen molar-refractivity contribution in [1.82, 2.24) is 9.97 Å². The summed E-state index contributed by atoms with van der Waals surface area (Å²) >= 11 is 0. The van der Waals surface area contributed by atoms with E-state index in [1.54, 1.807) is 0 Å². The highest BCUT2D eigenvalue weighted by Gasteiger charge is 2.18. The van der Waals surface area contributed by atoms with Crippen LogP contribution in [0.25, 0.3) is 11.4 Å². The van der Waals surface area contributed by atoms with Crippen LogP contribution >= 0.6 is 0 Å². The highest BCUT2D eigenvalue weighted by Crippen LogP contribution is 2.32. The third-order valence-electron chi connectivity index (χ3n) is 8.10. The Hall–Kier alpha value is -1.96. The number of rotatable bonds is 17. The zero-order valence-electron chi connectivity index (χ0n) is 23.4. The predicted octanol–water partition coefficient (Wildman–Crippen LogP) is 10.3. The van der Waals surface area contributed by atoms with Crippen molar-refractivity contribution in [2.45, 2.75) is 129 Å². The van der Waals surface area contributed by atoms with Gasteiger partial charge in [-0.15, -0.1) is 0 Å². The van der Waals surface area contributed by atoms with E-state index in [4.69, 9.17) is 0 Å². The van der Waals surface area contributed by atoms with Gasteiger partial charge in [0.15, 0.2) is 5.82 Å². The number of unbranched alkanes of at least 4 members (excludes halogenated alkanes) is 8. The van der Waals surface area contributed by atoms with Crippen LogP contribution in [0.5, 0.6) is 0 Å². The summed E-state index contributed by atoms with van der Waals surface area (Å²) in [7, 11) is 0. The fourth-order valence-electron chi connectivity index (χ4n) is 5.63. The number of benzene rings is 1. The lowest BCUT2D eigenvalue weighted by Gasteiger charge is -2.26. The van der Waals surface area contributed by atoms with Gasteiger partial charge in [0.1, 0.15) is 0 Å². The lowest BCUT2D eigenvalue weighted by molar-refractivity contribution is 0.289. The van der Waals surface area contributed by atoms with Crippen LogP contribution in [0.4, 0.5) is 0 Å². The Morgan fingerprint density at radius 2 is 1.33 bits per heavy atom. The molecule has 1 aromatic heterocycles. The Bertz CT molecular complexity index is 828. The third-order valence-corrected chi connectivity index (χ3v) is 8.10. The number of allylic oxidation sites excluding steroid dienone is 2. The second-order valence-electron chi connectivity index (χ2n) is 11.2. The molecule has 1 aromatic carbocycles. The fourth-order valence-corrected chi connectivity index (χ4v) is 5.63. The molecule has 36 heavy (non-hydrogen) atoms. The van der Waals surface area contributed by atoms with Crippen LogP contribution in [0.2, 0.25) is 0 Å². The van der Waals surface area contributed by atoms with Gasteiger partial charge >= 0.3 is 0 Å². The predicted molar refractivity (Wildman–Crippen MR) is 156 cm³/mol. The molecule has 0 amide bonds. The smallest absolute Gasteiger partial charge is 0.159 e. The van der Waals surface area contributed by atoms with E-state index < -0.39 is 0 Å². The van der Waals surface area contributed by atoms with E-state index in [1.807, 2.05) is 12.4 Å². The second kappa shape index (κ2) is 17.5. The van der Waals surface area contributed by atoms with E-state index in [-0.39, 0.29) is 0 Å². The summed E-state index contributed by atoms with van der Waals surface area (Å²) in [4.78, 5) is 9.30. The van der Waals surface area contributed by atoms with Gasteiger partial charge in [0.05, 0.1) is 0 Å². The molecule has 2 heteroatoms. The number of nitrogens with zero attached hydrogens (tertiary/aromatic N) is 2. The van der Waals surface area contributed by atoms with Gasteiger partial charge in [-0.05, 0) is 74.3 Å². The molecule has 1 aliphatic carbocycles. The van der Waals surface area contributed by atoms with Crippen LogP contribution < -0.4 is 0 Å². The molecular formula is C34H52N2. The molecule has 1 saturated carbocycles. The van der Waals surface area contributed by atoms with Crippen molar-refractivity contribution in [2.24, 2.45) is 11.8 Å². The van der Waals surface area contributed by atoms with E-state index in [0.717, 1.165) is 42.5 Å². The topological polar surface area (TPSA) is 25.8 Å². The van der Waals surface area contributed by atoms with Gasteiger partial charge in [-0.25, -0.2) is 9.97 Å². The number of hydrogen-bond acceptors (Lipinski definition) is 2. The van der Waals surface area contributed by atoms with Crippen molar-refractivity contribution >= 4 is 0 Å². The lowest BCUT2D eigenvalue weighted by Crippen LogP contribution is -2.13. The molecule has 1 fully saturated rings. The van der Waals surface area contributed by atoms with Gasteiger partial charge in [-0.3, -0.25) is 0 Å². The molecule has 0 atom stereocenters. The molecular weight excluding hydrogens is 436 g/mol. The first kappa shape index (κ1) is 28.6. The summed E-state index contributed by atoms with van der Waals surface area (Å²) < 4.78 is 0. The Labute approximate surface area is 222 Å². The lowest BCUT2D eigenvalue weighted by atomic mass is 9.79.